The van der Waals surface area contributed by atoms with Gasteiger partial charge in [-0.25, -0.2) is 0 Å². The largest absolute Gasteiger partial charge is 0.497 e. The normalized spacial score (nSPS) is 11.4. The zero-order chi connectivity index (χ0) is 22.7. The molecule has 0 radical (unpaired) electrons. The number of amides is 1. The highest BCUT2D eigenvalue weighted by Crippen LogP contribution is 2.16. The van der Waals surface area contributed by atoms with Crippen molar-refractivity contribution in [1.29, 1.82) is 0 Å². The number of ether oxygens (including phenoxy) is 1. The molecule has 8 nitrogen and oxygen atoms in total. The molecule has 166 valence electrons. The average Bonchev–Trinajstić information content (AvgIpc) is 3.23. The molecular formula is C24H27N5O3. The number of aryl methyl sites for hydroxylation is 1. The Bertz CT molecular complexity index is 1310. The molecule has 4 rings (SSSR count). The second-order valence-corrected chi connectivity index (χ2v) is 8.20. The maximum atomic E-state index is 13.0. The molecular weight excluding hydrogens is 406 g/mol. The van der Waals surface area contributed by atoms with Gasteiger partial charge < -0.3 is 10.1 Å². The van der Waals surface area contributed by atoms with E-state index in [0.29, 0.717) is 36.5 Å². The van der Waals surface area contributed by atoms with Gasteiger partial charge in [-0.05, 0) is 35.7 Å². The Morgan fingerprint density at radius 2 is 1.84 bits per heavy atom. The van der Waals surface area contributed by atoms with E-state index in [2.05, 4.69) is 29.4 Å². The van der Waals surface area contributed by atoms with Gasteiger partial charge in [0.2, 0.25) is 11.7 Å². The van der Waals surface area contributed by atoms with Crippen molar-refractivity contribution >= 4 is 22.6 Å². The zero-order valence-electron chi connectivity index (χ0n) is 18.5. The molecule has 0 unspecified atom stereocenters. The number of carbonyl (C=O) groups is 1. The second kappa shape index (κ2) is 9.21. The van der Waals surface area contributed by atoms with E-state index in [1.54, 1.807) is 11.7 Å². The van der Waals surface area contributed by atoms with Crippen LogP contribution in [0.15, 0.2) is 53.3 Å². The molecule has 0 saturated carbocycles. The Balaban J connectivity index is 1.55. The van der Waals surface area contributed by atoms with Crippen molar-refractivity contribution in [2.75, 3.05) is 7.11 Å². The summed E-state index contributed by atoms with van der Waals surface area (Å²) in [4.78, 5) is 25.5. The van der Waals surface area contributed by atoms with Crippen LogP contribution in [0.1, 0.15) is 31.7 Å². The van der Waals surface area contributed by atoms with E-state index >= 15 is 0 Å². The van der Waals surface area contributed by atoms with E-state index in [4.69, 9.17) is 4.74 Å². The number of nitrogens with zero attached hydrogens (tertiary/aromatic N) is 4. The monoisotopic (exact) mass is 433 g/mol. The number of nitrogens with one attached hydrogen (secondary N) is 1. The summed E-state index contributed by atoms with van der Waals surface area (Å²) in [6.07, 6.45) is 0.689. The third-order valence-corrected chi connectivity index (χ3v) is 5.35. The van der Waals surface area contributed by atoms with E-state index in [9.17, 15) is 9.59 Å². The summed E-state index contributed by atoms with van der Waals surface area (Å²) in [5.41, 5.74) is 1.68. The summed E-state index contributed by atoms with van der Waals surface area (Å²) in [5, 5.41) is 12.2. The van der Waals surface area contributed by atoms with Crippen LogP contribution in [0.3, 0.4) is 0 Å². The number of methoxy groups -OCH3 is 1. The Morgan fingerprint density at radius 1 is 1.09 bits per heavy atom. The van der Waals surface area contributed by atoms with Gasteiger partial charge in [-0.1, -0.05) is 38.1 Å². The minimum absolute atomic E-state index is 0.0713. The number of aromatic nitrogens is 4. The molecule has 32 heavy (non-hydrogen) atoms. The van der Waals surface area contributed by atoms with E-state index in [1.807, 2.05) is 52.9 Å². The predicted octanol–water partition coefficient (Wildman–Crippen LogP) is 2.96. The van der Waals surface area contributed by atoms with Crippen LogP contribution in [-0.2, 0) is 24.3 Å². The first-order valence-corrected chi connectivity index (χ1v) is 10.7. The molecule has 8 heteroatoms. The van der Waals surface area contributed by atoms with Crippen LogP contribution in [0, 0.1) is 5.92 Å². The van der Waals surface area contributed by atoms with Crippen molar-refractivity contribution in [3.05, 3.63) is 70.3 Å². The molecule has 4 aromatic rings. The molecule has 2 heterocycles. The number of carbonyl (C=O) groups excluding carboxylic acids is 1. The summed E-state index contributed by atoms with van der Waals surface area (Å²) in [7, 11) is 1.62. The lowest BCUT2D eigenvalue weighted by molar-refractivity contribution is -0.121. The lowest BCUT2D eigenvalue weighted by Crippen LogP contribution is -2.26. The van der Waals surface area contributed by atoms with Crippen molar-refractivity contribution < 1.29 is 9.53 Å². The molecule has 2 aromatic heterocycles. The van der Waals surface area contributed by atoms with Gasteiger partial charge in [-0.15, -0.1) is 10.2 Å². The lowest BCUT2D eigenvalue weighted by Gasteiger charge is -2.13. The topological polar surface area (TPSA) is 90.5 Å². The van der Waals surface area contributed by atoms with Crippen molar-refractivity contribution in [3.8, 4) is 5.75 Å². The number of benzene rings is 2. The first-order chi connectivity index (χ1) is 15.5. The van der Waals surface area contributed by atoms with E-state index in [-0.39, 0.29) is 23.8 Å². The molecule has 0 fully saturated rings. The third-order valence-electron chi connectivity index (χ3n) is 5.35. The van der Waals surface area contributed by atoms with Gasteiger partial charge in [0, 0.05) is 25.9 Å². The number of para-hydroxylation sites is 1. The summed E-state index contributed by atoms with van der Waals surface area (Å²) >= 11 is 0. The Morgan fingerprint density at radius 3 is 2.56 bits per heavy atom. The molecule has 1 N–H and O–H groups in total. The van der Waals surface area contributed by atoms with Crippen LogP contribution in [-0.4, -0.2) is 32.2 Å². The van der Waals surface area contributed by atoms with E-state index < -0.39 is 0 Å². The van der Waals surface area contributed by atoms with Gasteiger partial charge in [-0.2, -0.15) is 0 Å². The number of rotatable bonds is 8. The zero-order valence-corrected chi connectivity index (χ0v) is 18.5. The van der Waals surface area contributed by atoms with E-state index in [0.717, 1.165) is 16.8 Å². The fourth-order valence-electron chi connectivity index (χ4n) is 3.76. The van der Waals surface area contributed by atoms with Crippen molar-refractivity contribution in [2.24, 2.45) is 5.92 Å². The Kier molecular flexibility index (Phi) is 6.20. The highest BCUT2D eigenvalue weighted by molar-refractivity contribution is 5.80. The molecule has 0 aliphatic rings. The number of hydrogen-bond donors (Lipinski definition) is 1. The molecule has 2 aromatic carbocycles. The number of fused-ring (bicyclic) bond motifs is 3. The quantitative estimate of drug-likeness (QED) is 0.461. The highest BCUT2D eigenvalue weighted by atomic mass is 16.5. The molecule has 0 bridgehead atoms. The van der Waals surface area contributed by atoms with Crippen LogP contribution in [0.4, 0.5) is 0 Å². The Labute approximate surface area is 185 Å². The molecule has 0 atom stereocenters. The van der Waals surface area contributed by atoms with Gasteiger partial charge in [0.1, 0.15) is 11.6 Å². The molecule has 0 saturated heterocycles. The maximum Gasteiger partial charge on any atom is 0.262 e. The van der Waals surface area contributed by atoms with Crippen LogP contribution >= 0.6 is 0 Å². The molecule has 0 aliphatic heterocycles. The maximum absolute atomic E-state index is 13.0. The smallest absolute Gasteiger partial charge is 0.262 e. The Hall–Kier alpha value is -3.68. The lowest BCUT2D eigenvalue weighted by atomic mass is 10.2. The van der Waals surface area contributed by atoms with E-state index in [1.165, 1.54) is 0 Å². The summed E-state index contributed by atoms with van der Waals surface area (Å²) in [6, 6.07) is 15.0. The predicted molar refractivity (Wildman–Crippen MR) is 123 cm³/mol. The average molecular weight is 434 g/mol. The number of hydrogen-bond acceptors (Lipinski definition) is 5. The van der Waals surface area contributed by atoms with Gasteiger partial charge in [-0.3, -0.25) is 18.6 Å². The third kappa shape index (κ3) is 4.34. The van der Waals surface area contributed by atoms with Gasteiger partial charge in [0.25, 0.3) is 5.56 Å². The standard InChI is InChI=1S/C24H27N5O3/c1-16(2)15-28-23(31)19-6-4-5-7-20(19)29-21(26-27-24(28)29)12-13-22(30)25-14-17-8-10-18(32-3)11-9-17/h4-11,16H,12-15H2,1-3H3,(H,25,30). The van der Waals surface area contributed by atoms with Crippen molar-refractivity contribution in [3.63, 3.8) is 0 Å². The van der Waals surface area contributed by atoms with Crippen LogP contribution < -0.4 is 15.6 Å². The van der Waals surface area contributed by atoms with Gasteiger partial charge in [0.05, 0.1) is 18.0 Å². The fourth-order valence-corrected chi connectivity index (χ4v) is 3.76. The van der Waals surface area contributed by atoms with Crippen molar-refractivity contribution in [1.82, 2.24) is 24.5 Å². The van der Waals surface area contributed by atoms with Crippen LogP contribution in [0.5, 0.6) is 5.75 Å². The fraction of sp³-hybridized carbons (Fsp3) is 0.333. The van der Waals surface area contributed by atoms with Crippen molar-refractivity contribution in [2.45, 2.75) is 39.8 Å². The minimum Gasteiger partial charge on any atom is -0.497 e. The first-order valence-electron chi connectivity index (χ1n) is 10.7. The minimum atomic E-state index is -0.0719. The summed E-state index contributed by atoms with van der Waals surface area (Å²) in [6.45, 7) is 5.11. The van der Waals surface area contributed by atoms with Crippen LogP contribution in [0.25, 0.3) is 16.7 Å². The first kappa shape index (κ1) is 21.5. The molecule has 0 spiro atoms. The molecule has 1 amide bonds. The molecule has 0 aliphatic carbocycles. The summed E-state index contributed by atoms with van der Waals surface area (Å²) in [5.74, 6) is 2.16. The van der Waals surface area contributed by atoms with Gasteiger partial charge >= 0.3 is 0 Å². The SMILES string of the molecule is COc1ccc(CNC(=O)CCc2nnc3n(CC(C)C)c(=O)c4ccccc4n23)cc1. The van der Waals surface area contributed by atoms with Crippen LogP contribution in [0.2, 0.25) is 0 Å². The summed E-state index contributed by atoms with van der Waals surface area (Å²) < 4.78 is 8.73. The second-order valence-electron chi connectivity index (χ2n) is 8.20. The van der Waals surface area contributed by atoms with Gasteiger partial charge in [0.15, 0.2) is 0 Å². The highest BCUT2D eigenvalue weighted by Gasteiger charge is 2.17.